The summed E-state index contributed by atoms with van der Waals surface area (Å²) in [6.07, 6.45) is 0. The van der Waals surface area contributed by atoms with Crippen molar-refractivity contribution in [2.24, 2.45) is 0 Å². The number of hydrogen-bond acceptors (Lipinski definition) is 8. The summed E-state index contributed by atoms with van der Waals surface area (Å²) in [7, 11) is 0. The van der Waals surface area contributed by atoms with Crippen LogP contribution in [0.3, 0.4) is 0 Å². The quantitative estimate of drug-likeness (QED) is 0.168. The van der Waals surface area contributed by atoms with Gasteiger partial charge in [0.2, 0.25) is 0 Å². The molecule has 4 aromatic carbocycles. The Morgan fingerprint density at radius 1 is 0.588 bits per heavy atom. The van der Waals surface area contributed by atoms with Crippen molar-refractivity contribution in [3.63, 3.8) is 0 Å². The second-order valence-corrected chi connectivity index (χ2v) is 7.06. The van der Waals surface area contributed by atoms with Gasteiger partial charge in [0.1, 0.15) is 11.5 Å². The topological polar surface area (TPSA) is 139 Å². The molecule has 0 aromatic heterocycles. The number of carbonyl (C=O) groups excluding carboxylic acids is 2. The van der Waals surface area contributed by atoms with E-state index in [4.69, 9.17) is 9.47 Å². The minimum absolute atomic E-state index is 0.0222. The van der Waals surface area contributed by atoms with E-state index >= 15 is 0 Å². The highest BCUT2D eigenvalue weighted by molar-refractivity contribution is 5.94. The Kier molecular flexibility index (Phi) is 5.95. The molecule has 0 amide bonds. The molecule has 0 N–H and O–H groups in total. The van der Waals surface area contributed by atoms with E-state index in [-0.39, 0.29) is 34.0 Å². The van der Waals surface area contributed by atoms with Crippen molar-refractivity contribution in [3.8, 4) is 11.5 Å². The number of esters is 2. The first-order valence-corrected chi connectivity index (χ1v) is 9.77. The maximum Gasteiger partial charge on any atom is 0.343 e. The highest BCUT2D eigenvalue weighted by atomic mass is 16.6. The minimum Gasteiger partial charge on any atom is -0.423 e. The largest absolute Gasteiger partial charge is 0.423 e. The lowest BCUT2D eigenvalue weighted by molar-refractivity contribution is -0.385. The van der Waals surface area contributed by atoms with Crippen LogP contribution >= 0.6 is 0 Å². The van der Waals surface area contributed by atoms with Gasteiger partial charge in [0.15, 0.2) is 0 Å². The number of non-ortho nitro benzene ring substituents is 2. The second kappa shape index (κ2) is 9.17. The third-order valence-corrected chi connectivity index (χ3v) is 4.79. The molecule has 4 rings (SSSR count). The number of hydrogen-bond donors (Lipinski definition) is 0. The van der Waals surface area contributed by atoms with Gasteiger partial charge in [0.25, 0.3) is 11.4 Å². The van der Waals surface area contributed by atoms with Crippen LogP contribution in [0.25, 0.3) is 10.8 Å². The number of nitro benzene ring substituents is 2. The molecule has 0 aliphatic heterocycles. The molecule has 0 atom stereocenters. The van der Waals surface area contributed by atoms with Crippen molar-refractivity contribution in [2.75, 3.05) is 0 Å². The Morgan fingerprint density at radius 2 is 1.03 bits per heavy atom. The predicted molar refractivity (Wildman–Crippen MR) is 120 cm³/mol. The Balaban J connectivity index is 1.54. The normalized spacial score (nSPS) is 10.5. The predicted octanol–water partition coefficient (Wildman–Crippen LogP) is 5.09. The first-order valence-electron chi connectivity index (χ1n) is 9.77. The Bertz CT molecular complexity index is 1360. The molecule has 10 nitrogen and oxygen atoms in total. The molecule has 0 heterocycles. The second-order valence-electron chi connectivity index (χ2n) is 7.06. The van der Waals surface area contributed by atoms with Gasteiger partial charge in [-0.25, -0.2) is 9.59 Å². The highest BCUT2D eigenvalue weighted by Gasteiger charge is 2.15. The van der Waals surface area contributed by atoms with Crippen LogP contribution in [0.5, 0.6) is 11.5 Å². The van der Waals surface area contributed by atoms with E-state index in [9.17, 15) is 29.8 Å². The van der Waals surface area contributed by atoms with Crippen LogP contribution in [-0.2, 0) is 0 Å². The average molecular weight is 458 g/mol. The van der Waals surface area contributed by atoms with Gasteiger partial charge in [-0.05, 0) is 47.2 Å². The van der Waals surface area contributed by atoms with Gasteiger partial charge in [-0.3, -0.25) is 20.2 Å². The van der Waals surface area contributed by atoms with Crippen molar-refractivity contribution in [1.82, 2.24) is 0 Å². The summed E-state index contributed by atoms with van der Waals surface area (Å²) in [5.41, 5.74) is -0.422. The number of benzene rings is 4. The smallest absolute Gasteiger partial charge is 0.343 e. The Hall–Kier alpha value is -5.12. The Morgan fingerprint density at radius 3 is 1.44 bits per heavy atom. The zero-order valence-corrected chi connectivity index (χ0v) is 17.2. The van der Waals surface area contributed by atoms with Crippen LogP contribution in [0.1, 0.15) is 20.7 Å². The summed E-state index contributed by atoms with van der Waals surface area (Å²) in [5.74, 6) is -1.16. The number of ether oxygens (including phenoxy) is 2. The van der Waals surface area contributed by atoms with Gasteiger partial charge in [0, 0.05) is 24.3 Å². The molecular weight excluding hydrogens is 444 g/mol. The number of rotatable bonds is 6. The van der Waals surface area contributed by atoms with Gasteiger partial charge in [0.05, 0.1) is 21.0 Å². The van der Waals surface area contributed by atoms with Crippen LogP contribution in [-0.4, -0.2) is 21.8 Å². The fraction of sp³-hybridized carbons (Fsp3) is 0. The van der Waals surface area contributed by atoms with Gasteiger partial charge in [-0.15, -0.1) is 0 Å². The van der Waals surface area contributed by atoms with Crippen molar-refractivity contribution >= 4 is 34.1 Å². The van der Waals surface area contributed by atoms with Gasteiger partial charge in [-0.1, -0.05) is 24.3 Å². The molecule has 34 heavy (non-hydrogen) atoms. The summed E-state index contributed by atoms with van der Waals surface area (Å²) >= 11 is 0. The Labute approximate surface area is 191 Å². The zero-order valence-electron chi connectivity index (χ0n) is 17.2. The average Bonchev–Trinajstić information content (AvgIpc) is 2.84. The SMILES string of the molecule is O=C(Oc1ccc2ccc(OC(=O)c3cccc([N+](=O)[O-])c3)cc2c1)c1cccc([N+](=O)[O-])c1. The monoisotopic (exact) mass is 458 g/mol. The molecule has 0 fully saturated rings. The molecule has 0 unspecified atom stereocenters. The molecule has 10 heteroatoms. The standard InChI is InChI=1S/C24H14N2O8/c27-23(16-3-1-5-19(11-16)25(29)30)33-21-9-7-15-8-10-22(14-18(15)13-21)34-24(28)17-4-2-6-20(12-17)26(31)32/h1-14H. The molecule has 0 aliphatic rings. The third kappa shape index (κ3) is 4.86. The third-order valence-electron chi connectivity index (χ3n) is 4.79. The van der Waals surface area contributed by atoms with E-state index < -0.39 is 21.8 Å². The lowest BCUT2D eigenvalue weighted by atomic mass is 10.1. The molecule has 0 saturated carbocycles. The maximum atomic E-state index is 12.4. The summed E-state index contributed by atoms with van der Waals surface area (Å²) in [5, 5.41) is 23.2. The molecule has 0 radical (unpaired) electrons. The van der Waals surface area contributed by atoms with Crippen LogP contribution in [0.4, 0.5) is 11.4 Å². The van der Waals surface area contributed by atoms with E-state index in [1.807, 2.05) is 0 Å². The van der Waals surface area contributed by atoms with E-state index in [2.05, 4.69) is 0 Å². The molecule has 168 valence electrons. The van der Waals surface area contributed by atoms with Gasteiger partial charge < -0.3 is 9.47 Å². The summed E-state index contributed by atoms with van der Waals surface area (Å²) in [4.78, 5) is 45.4. The van der Waals surface area contributed by atoms with E-state index in [1.54, 1.807) is 36.4 Å². The molecule has 0 bridgehead atoms. The fourth-order valence-electron chi connectivity index (χ4n) is 3.15. The zero-order chi connectivity index (χ0) is 24.2. The maximum absolute atomic E-state index is 12.4. The number of carbonyl (C=O) groups is 2. The van der Waals surface area contributed by atoms with Crippen molar-refractivity contribution in [2.45, 2.75) is 0 Å². The molecule has 0 saturated heterocycles. The lowest BCUT2D eigenvalue weighted by Gasteiger charge is -2.08. The van der Waals surface area contributed by atoms with Gasteiger partial charge in [-0.2, -0.15) is 0 Å². The van der Waals surface area contributed by atoms with E-state index in [1.165, 1.54) is 36.4 Å². The van der Waals surface area contributed by atoms with Crippen molar-refractivity contribution in [3.05, 3.63) is 116 Å². The van der Waals surface area contributed by atoms with Crippen LogP contribution < -0.4 is 9.47 Å². The summed E-state index contributed by atoms with van der Waals surface area (Å²) < 4.78 is 10.7. The molecule has 4 aromatic rings. The number of nitro groups is 2. The van der Waals surface area contributed by atoms with E-state index in [0.717, 1.165) is 17.5 Å². The summed E-state index contributed by atoms with van der Waals surface area (Å²) in [6, 6.07) is 20.0. The first kappa shape index (κ1) is 22.1. The molecule has 0 aliphatic carbocycles. The fourth-order valence-corrected chi connectivity index (χ4v) is 3.15. The molecule has 0 spiro atoms. The highest BCUT2D eigenvalue weighted by Crippen LogP contribution is 2.27. The number of fused-ring (bicyclic) bond motifs is 1. The van der Waals surface area contributed by atoms with Crippen LogP contribution in [0.15, 0.2) is 84.9 Å². The van der Waals surface area contributed by atoms with Crippen LogP contribution in [0, 0.1) is 20.2 Å². The van der Waals surface area contributed by atoms with E-state index in [0.29, 0.717) is 5.39 Å². The molecular formula is C24H14N2O8. The van der Waals surface area contributed by atoms with Crippen LogP contribution in [0.2, 0.25) is 0 Å². The lowest BCUT2D eigenvalue weighted by Crippen LogP contribution is -2.09. The van der Waals surface area contributed by atoms with Crippen molar-refractivity contribution < 1.29 is 28.9 Å². The van der Waals surface area contributed by atoms with Gasteiger partial charge >= 0.3 is 11.9 Å². The minimum atomic E-state index is -0.767. The first-order chi connectivity index (χ1) is 16.3. The number of nitrogens with zero attached hydrogens (tertiary/aromatic N) is 2. The summed E-state index contributed by atoms with van der Waals surface area (Å²) in [6.45, 7) is 0. The van der Waals surface area contributed by atoms with Crippen molar-refractivity contribution in [1.29, 1.82) is 0 Å².